The van der Waals surface area contributed by atoms with Crippen molar-refractivity contribution in [1.82, 2.24) is 10.2 Å². The van der Waals surface area contributed by atoms with Crippen LogP contribution in [0.15, 0.2) is 29.3 Å². The van der Waals surface area contributed by atoms with Crippen molar-refractivity contribution in [2.75, 3.05) is 47.1 Å². The van der Waals surface area contributed by atoms with Crippen molar-refractivity contribution >= 4 is 17.6 Å². The number of nitrogens with zero attached hydrogens (tertiary/aromatic N) is 2. The number of ether oxygens (including phenoxy) is 2. The van der Waals surface area contributed by atoms with E-state index in [2.05, 4.69) is 22.1 Å². The van der Waals surface area contributed by atoms with Crippen LogP contribution in [0.2, 0.25) is 5.02 Å². The van der Waals surface area contributed by atoms with Crippen molar-refractivity contribution in [3.05, 3.63) is 34.9 Å². The smallest absolute Gasteiger partial charge is 0.193 e. The molecule has 1 aromatic carbocycles. The molecule has 136 valence electrons. The van der Waals surface area contributed by atoms with E-state index in [1.54, 1.807) is 7.11 Å². The van der Waals surface area contributed by atoms with E-state index < -0.39 is 0 Å². The van der Waals surface area contributed by atoms with Crippen molar-refractivity contribution in [2.45, 2.75) is 26.3 Å². The molecule has 5 nitrogen and oxygen atoms in total. The van der Waals surface area contributed by atoms with Crippen molar-refractivity contribution in [2.24, 2.45) is 4.99 Å². The van der Waals surface area contributed by atoms with Crippen LogP contribution < -0.4 is 5.32 Å². The summed E-state index contributed by atoms with van der Waals surface area (Å²) in [5, 5.41) is 4.11. The maximum atomic E-state index is 6.24. The molecule has 0 bridgehead atoms. The zero-order valence-corrected chi connectivity index (χ0v) is 15.8. The fraction of sp³-hybridized carbons (Fsp3) is 0.611. The Hall–Kier alpha value is -1.30. The molecule has 0 saturated carbocycles. The number of rotatable bonds is 11. The molecule has 0 aromatic heterocycles. The van der Waals surface area contributed by atoms with Crippen LogP contribution in [0.25, 0.3) is 0 Å². The van der Waals surface area contributed by atoms with Gasteiger partial charge in [-0.25, -0.2) is 0 Å². The van der Waals surface area contributed by atoms with E-state index in [1.807, 2.05) is 31.3 Å². The molecule has 0 saturated heterocycles. The van der Waals surface area contributed by atoms with Crippen molar-refractivity contribution < 1.29 is 9.47 Å². The topological polar surface area (TPSA) is 46.1 Å². The highest BCUT2D eigenvalue weighted by Gasteiger charge is 2.08. The van der Waals surface area contributed by atoms with Crippen molar-refractivity contribution in [1.29, 1.82) is 0 Å². The normalized spacial score (nSPS) is 11.6. The number of guanidine groups is 1. The molecule has 0 radical (unpaired) electrons. The van der Waals surface area contributed by atoms with Gasteiger partial charge in [0.2, 0.25) is 0 Å². The fourth-order valence-corrected chi connectivity index (χ4v) is 2.37. The molecular weight excluding hydrogens is 326 g/mol. The molecule has 0 fully saturated rings. The van der Waals surface area contributed by atoms with Gasteiger partial charge < -0.3 is 19.7 Å². The summed E-state index contributed by atoms with van der Waals surface area (Å²) in [5.74, 6) is 0.901. The largest absolute Gasteiger partial charge is 0.382 e. The lowest BCUT2D eigenvalue weighted by Crippen LogP contribution is -2.38. The molecule has 0 heterocycles. The summed E-state index contributed by atoms with van der Waals surface area (Å²) in [4.78, 5) is 6.78. The van der Waals surface area contributed by atoms with E-state index in [9.17, 15) is 0 Å². The minimum Gasteiger partial charge on any atom is -0.382 e. The predicted molar refractivity (Wildman–Crippen MR) is 101 cm³/mol. The zero-order valence-electron chi connectivity index (χ0n) is 15.1. The van der Waals surface area contributed by atoms with Crippen LogP contribution in [0.1, 0.15) is 25.3 Å². The lowest BCUT2D eigenvalue weighted by Gasteiger charge is -2.22. The minimum atomic E-state index is 0.648. The van der Waals surface area contributed by atoms with Gasteiger partial charge in [-0.15, -0.1) is 0 Å². The molecule has 1 rings (SSSR count). The van der Waals surface area contributed by atoms with Gasteiger partial charge in [0.15, 0.2) is 5.96 Å². The number of benzene rings is 1. The Morgan fingerprint density at radius 1 is 1.21 bits per heavy atom. The maximum absolute atomic E-state index is 6.24. The Balaban J connectivity index is 2.39. The molecule has 6 heteroatoms. The van der Waals surface area contributed by atoms with Crippen molar-refractivity contribution in [3.8, 4) is 0 Å². The molecule has 24 heavy (non-hydrogen) atoms. The molecule has 0 aliphatic heterocycles. The number of hydrogen-bond acceptors (Lipinski definition) is 3. The summed E-state index contributed by atoms with van der Waals surface area (Å²) >= 11 is 6.24. The van der Waals surface area contributed by atoms with E-state index >= 15 is 0 Å². The van der Waals surface area contributed by atoms with Crippen LogP contribution in [-0.2, 0) is 16.0 Å². The van der Waals surface area contributed by atoms with Gasteiger partial charge in [0.1, 0.15) is 0 Å². The Labute approximate surface area is 151 Å². The maximum Gasteiger partial charge on any atom is 0.193 e. The first-order valence-electron chi connectivity index (χ1n) is 8.48. The van der Waals surface area contributed by atoms with Crippen LogP contribution >= 0.6 is 11.6 Å². The average Bonchev–Trinajstić information content (AvgIpc) is 2.58. The number of nitrogens with one attached hydrogen (secondary N) is 1. The lowest BCUT2D eigenvalue weighted by atomic mass is 10.2. The van der Waals surface area contributed by atoms with Gasteiger partial charge in [-0.1, -0.05) is 29.8 Å². The summed E-state index contributed by atoms with van der Waals surface area (Å²) in [6, 6.07) is 7.90. The lowest BCUT2D eigenvalue weighted by molar-refractivity contribution is 0.0690. The summed E-state index contributed by atoms with van der Waals surface area (Å²) < 4.78 is 10.4. The predicted octanol–water partition coefficient (Wildman–Crippen LogP) is 3.18. The summed E-state index contributed by atoms with van der Waals surface area (Å²) in [5.41, 5.74) is 1.10. The number of methoxy groups -OCH3 is 1. The molecule has 0 spiro atoms. The number of unbranched alkanes of at least 4 members (excludes halogenated alkanes) is 1. The molecule has 1 N–H and O–H groups in total. The number of hydrogen-bond donors (Lipinski definition) is 1. The van der Waals surface area contributed by atoms with Crippen molar-refractivity contribution in [3.63, 3.8) is 0 Å². The Kier molecular flexibility index (Phi) is 11.3. The highest BCUT2D eigenvalue weighted by atomic mass is 35.5. The van der Waals surface area contributed by atoms with Crippen LogP contribution in [0.5, 0.6) is 0 Å². The molecule has 0 unspecified atom stereocenters. The van der Waals surface area contributed by atoms with Crippen LogP contribution in [0.4, 0.5) is 0 Å². The quantitative estimate of drug-likeness (QED) is 0.376. The van der Waals surface area contributed by atoms with E-state index in [-0.39, 0.29) is 0 Å². The minimum absolute atomic E-state index is 0.648. The van der Waals surface area contributed by atoms with Crippen LogP contribution in [0, 0.1) is 0 Å². The standard InChI is InChI=1S/C18H30ClN3O2/c1-4-20-18(21-11-7-8-12-24-14-13-23-3)22(2)15-16-9-5-6-10-17(16)19/h5-6,9-10H,4,7-8,11-15H2,1-3H3,(H,20,21). The summed E-state index contributed by atoms with van der Waals surface area (Å²) in [6.45, 7) is 6.48. The fourth-order valence-electron chi connectivity index (χ4n) is 2.17. The average molecular weight is 356 g/mol. The van der Waals surface area contributed by atoms with Crippen LogP contribution in [0.3, 0.4) is 0 Å². The van der Waals surface area contributed by atoms with Gasteiger partial charge in [0.25, 0.3) is 0 Å². The Morgan fingerprint density at radius 3 is 2.71 bits per heavy atom. The van der Waals surface area contributed by atoms with Crippen LogP contribution in [-0.4, -0.2) is 57.9 Å². The number of halogens is 1. The second-order valence-electron chi connectivity index (χ2n) is 5.50. The first kappa shape index (κ1) is 20.7. The molecular formula is C18H30ClN3O2. The van der Waals surface area contributed by atoms with Gasteiger partial charge in [-0.3, -0.25) is 4.99 Å². The van der Waals surface area contributed by atoms with Gasteiger partial charge in [-0.2, -0.15) is 0 Å². The summed E-state index contributed by atoms with van der Waals surface area (Å²) in [7, 11) is 3.71. The highest BCUT2D eigenvalue weighted by molar-refractivity contribution is 6.31. The number of aliphatic imine (C=N–C) groups is 1. The zero-order chi connectivity index (χ0) is 17.6. The second-order valence-corrected chi connectivity index (χ2v) is 5.90. The van der Waals surface area contributed by atoms with E-state index in [4.69, 9.17) is 21.1 Å². The van der Waals surface area contributed by atoms with Gasteiger partial charge in [0, 0.05) is 45.4 Å². The molecule has 0 amide bonds. The third kappa shape index (κ3) is 8.52. The van der Waals surface area contributed by atoms with E-state index in [0.29, 0.717) is 13.2 Å². The molecule has 0 atom stereocenters. The molecule has 0 aliphatic rings. The first-order chi connectivity index (χ1) is 11.7. The SMILES string of the molecule is CCNC(=NCCCCOCCOC)N(C)Cc1ccccc1Cl. The van der Waals surface area contributed by atoms with Gasteiger partial charge in [-0.05, 0) is 31.4 Å². The Morgan fingerprint density at radius 2 is 2.00 bits per heavy atom. The third-order valence-electron chi connectivity index (χ3n) is 3.45. The van der Waals surface area contributed by atoms with E-state index in [1.165, 1.54) is 0 Å². The van der Waals surface area contributed by atoms with Gasteiger partial charge in [0.05, 0.1) is 13.2 Å². The molecule has 0 aliphatic carbocycles. The first-order valence-corrected chi connectivity index (χ1v) is 8.86. The van der Waals surface area contributed by atoms with E-state index in [0.717, 1.165) is 55.6 Å². The second kappa shape index (κ2) is 13.0. The monoisotopic (exact) mass is 355 g/mol. The highest BCUT2D eigenvalue weighted by Crippen LogP contribution is 2.16. The Bertz CT molecular complexity index is 483. The van der Waals surface area contributed by atoms with Gasteiger partial charge >= 0.3 is 0 Å². The third-order valence-corrected chi connectivity index (χ3v) is 3.82. The summed E-state index contributed by atoms with van der Waals surface area (Å²) in [6.07, 6.45) is 2.00. The molecule has 1 aromatic rings.